The molecule has 0 radical (unpaired) electrons. The summed E-state index contributed by atoms with van der Waals surface area (Å²) in [5, 5.41) is 2.52. The second-order valence-electron chi connectivity index (χ2n) is 7.96. The third-order valence-electron chi connectivity index (χ3n) is 4.53. The molecule has 1 atom stereocenters. The van der Waals surface area contributed by atoms with Gasteiger partial charge in [-0.2, -0.15) is 0 Å². The van der Waals surface area contributed by atoms with E-state index in [2.05, 4.69) is 26.1 Å². The lowest BCUT2D eigenvalue weighted by molar-refractivity contribution is -0.145. The Morgan fingerprint density at radius 2 is 1.50 bits per heavy atom. The average molecular weight is 411 g/mol. The summed E-state index contributed by atoms with van der Waals surface area (Å²) in [4.78, 5) is 36.7. The maximum atomic E-state index is 12.4. The predicted molar refractivity (Wildman–Crippen MR) is 115 cm³/mol. The van der Waals surface area contributed by atoms with Crippen molar-refractivity contribution in [2.45, 2.75) is 46.1 Å². The Bertz CT molecular complexity index is 879. The smallest absolute Gasteiger partial charge is 0.326 e. The predicted octanol–water partition coefficient (Wildman–Crippen LogP) is 3.93. The highest BCUT2D eigenvalue weighted by molar-refractivity contribution is 6.00. The molecule has 2 rings (SSSR count). The number of rotatable bonds is 8. The number of hydrogen-bond acceptors (Lipinski definition) is 5. The van der Waals surface area contributed by atoms with Gasteiger partial charge in [0.1, 0.15) is 12.3 Å². The molecule has 0 fully saturated rings. The number of carbonyl (C=O) groups is 3. The van der Waals surface area contributed by atoms with Gasteiger partial charge >= 0.3 is 5.97 Å². The minimum atomic E-state index is -0.960. The summed E-state index contributed by atoms with van der Waals surface area (Å²) in [5.74, 6) is -0.716. The lowest BCUT2D eigenvalue weighted by atomic mass is 9.87. The lowest BCUT2D eigenvalue weighted by Gasteiger charge is -2.19. The first-order valence-electron chi connectivity index (χ1n) is 9.97. The quantitative estimate of drug-likeness (QED) is 0.526. The Hall–Kier alpha value is -3.15. The molecule has 6 heteroatoms. The van der Waals surface area contributed by atoms with Crippen LogP contribution in [0.2, 0.25) is 0 Å². The highest BCUT2D eigenvalue weighted by Gasteiger charge is 2.20. The van der Waals surface area contributed by atoms with Crippen LogP contribution in [-0.2, 0) is 14.9 Å². The highest BCUT2D eigenvalue weighted by atomic mass is 16.5. The molecule has 0 aromatic heterocycles. The molecule has 1 N–H and O–H groups in total. The SMILES string of the molecule is CCOc1ccc(C(=O)[C@H](C)OC(=O)CNC(=O)c2ccc(C(C)(C)C)cc2)cc1. The van der Waals surface area contributed by atoms with Gasteiger partial charge in [0.05, 0.1) is 6.61 Å². The first-order chi connectivity index (χ1) is 14.1. The van der Waals surface area contributed by atoms with Crippen LogP contribution in [0.3, 0.4) is 0 Å². The number of benzene rings is 2. The fourth-order valence-electron chi connectivity index (χ4n) is 2.79. The van der Waals surface area contributed by atoms with Gasteiger partial charge in [-0.25, -0.2) is 0 Å². The van der Waals surface area contributed by atoms with Gasteiger partial charge in [0.15, 0.2) is 6.10 Å². The zero-order chi connectivity index (χ0) is 22.3. The second-order valence-corrected chi connectivity index (χ2v) is 7.96. The van der Waals surface area contributed by atoms with Crippen molar-refractivity contribution in [2.24, 2.45) is 0 Å². The van der Waals surface area contributed by atoms with Gasteiger partial charge < -0.3 is 14.8 Å². The molecule has 0 spiro atoms. The van der Waals surface area contributed by atoms with Crippen molar-refractivity contribution in [1.29, 1.82) is 0 Å². The Balaban J connectivity index is 1.85. The molecule has 0 aliphatic carbocycles. The summed E-state index contributed by atoms with van der Waals surface area (Å²) in [6.45, 7) is 9.87. The van der Waals surface area contributed by atoms with Crippen molar-refractivity contribution >= 4 is 17.7 Å². The van der Waals surface area contributed by atoms with E-state index < -0.39 is 12.1 Å². The van der Waals surface area contributed by atoms with E-state index in [1.807, 2.05) is 19.1 Å². The Labute approximate surface area is 177 Å². The fraction of sp³-hybridized carbons (Fsp3) is 0.375. The van der Waals surface area contributed by atoms with Gasteiger partial charge in [0.2, 0.25) is 5.78 Å². The van der Waals surface area contributed by atoms with Crippen LogP contribution < -0.4 is 10.1 Å². The molecule has 0 heterocycles. The number of esters is 1. The maximum absolute atomic E-state index is 12.4. The normalized spacial score (nSPS) is 12.0. The van der Waals surface area contributed by atoms with Crippen molar-refractivity contribution in [3.05, 3.63) is 65.2 Å². The number of ketones is 1. The zero-order valence-corrected chi connectivity index (χ0v) is 18.2. The van der Waals surface area contributed by atoms with E-state index in [9.17, 15) is 14.4 Å². The third kappa shape index (κ3) is 6.44. The van der Waals surface area contributed by atoms with E-state index >= 15 is 0 Å². The van der Waals surface area contributed by atoms with Crippen LogP contribution in [0.25, 0.3) is 0 Å². The van der Waals surface area contributed by atoms with Crippen LogP contribution in [-0.4, -0.2) is 36.9 Å². The summed E-state index contributed by atoms with van der Waals surface area (Å²) >= 11 is 0. The second kappa shape index (κ2) is 10.1. The van der Waals surface area contributed by atoms with E-state index in [1.165, 1.54) is 6.92 Å². The Morgan fingerprint density at radius 1 is 0.933 bits per heavy atom. The van der Waals surface area contributed by atoms with Crippen LogP contribution in [0.15, 0.2) is 48.5 Å². The van der Waals surface area contributed by atoms with Crippen LogP contribution in [0.1, 0.15) is 60.9 Å². The minimum absolute atomic E-state index is 0.00909. The van der Waals surface area contributed by atoms with Gasteiger partial charge in [0, 0.05) is 11.1 Å². The number of Topliss-reactive ketones (excluding diaryl/α,β-unsaturated/α-hetero) is 1. The summed E-state index contributed by atoms with van der Waals surface area (Å²) in [6, 6.07) is 13.9. The van der Waals surface area contributed by atoms with Crippen LogP contribution in [0, 0.1) is 0 Å². The molecule has 1 amide bonds. The molecule has 160 valence electrons. The molecule has 30 heavy (non-hydrogen) atoms. The monoisotopic (exact) mass is 411 g/mol. The Kier molecular flexibility index (Phi) is 7.75. The molecule has 0 saturated heterocycles. The van der Waals surface area contributed by atoms with Crippen molar-refractivity contribution in [3.8, 4) is 5.75 Å². The molecule has 0 aliphatic heterocycles. The van der Waals surface area contributed by atoms with Crippen molar-refractivity contribution in [1.82, 2.24) is 5.32 Å². The third-order valence-corrected chi connectivity index (χ3v) is 4.53. The molecule has 0 bridgehead atoms. The van der Waals surface area contributed by atoms with E-state index in [0.29, 0.717) is 23.5 Å². The molecule has 2 aromatic rings. The van der Waals surface area contributed by atoms with Crippen LogP contribution in [0.5, 0.6) is 5.75 Å². The van der Waals surface area contributed by atoms with Crippen LogP contribution in [0.4, 0.5) is 0 Å². The molecule has 0 aliphatic rings. The zero-order valence-electron chi connectivity index (χ0n) is 18.2. The number of ether oxygens (including phenoxy) is 2. The van der Waals surface area contributed by atoms with Crippen molar-refractivity contribution < 1.29 is 23.9 Å². The summed E-state index contributed by atoms with van der Waals surface area (Å²) in [6.07, 6.45) is -0.960. The molecule has 0 unspecified atom stereocenters. The number of carbonyl (C=O) groups excluding carboxylic acids is 3. The van der Waals surface area contributed by atoms with Gasteiger partial charge in [-0.3, -0.25) is 14.4 Å². The Morgan fingerprint density at radius 3 is 2.03 bits per heavy atom. The van der Waals surface area contributed by atoms with Crippen molar-refractivity contribution in [3.63, 3.8) is 0 Å². The number of nitrogens with one attached hydrogen (secondary N) is 1. The van der Waals surface area contributed by atoms with Crippen LogP contribution >= 0.6 is 0 Å². The molecule has 6 nitrogen and oxygen atoms in total. The minimum Gasteiger partial charge on any atom is -0.494 e. The topological polar surface area (TPSA) is 81.7 Å². The molecule has 2 aromatic carbocycles. The molecule has 0 saturated carbocycles. The summed E-state index contributed by atoms with van der Waals surface area (Å²) in [7, 11) is 0. The average Bonchev–Trinajstić information content (AvgIpc) is 2.71. The fourth-order valence-corrected chi connectivity index (χ4v) is 2.79. The van der Waals surface area contributed by atoms with Gasteiger partial charge in [-0.15, -0.1) is 0 Å². The van der Waals surface area contributed by atoms with Crippen molar-refractivity contribution in [2.75, 3.05) is 13.2 Å². The summed E-state index contributed by atoms with van der Waals surface area (Å²) in [5.41, 5.74) is 1.97. The van der Waals surface area contributed by atoms with Gasteiger partial charge in [0.25, 0.3) is 5.91 Å². The van der Waals surface area contributed by atoms with Gasteiger partial charge in [-0.1, -0.05) is 32.9 Å². The molecular weight excluding hydrogens is 382 g/mol. The summed E-state index contributed by atoms with van der Waals surface area (Å²) < 4.78 is 10.5. The van der Waals surface area contributed by atoms with E-state index in [-0.39, 0.29) is 23.7 Å². The lowest BCUT2D eigenvalue weighted by Crippen LogP contribution is -2.34. The standard InChI is InChI=1S/C24H29NO5/c1-6-29-20-13-9-17(10-14-20)22(27)16(2)30-21(26)15-25-23(28)18-7-11-19(12-8-18)24(3,4)5/h7-14,16H,6,15H2,1-5H3,(H,25,28)/t16-/m0/s1. The number of hydrogen-bond donors (Lipinski definition) is 1. The first kappa shape index (κ1) is 23.1. The van der Waals surface area contributed by atoms with E-state index in [0.717, 1.165) is 5.56 Å². The highest BCUT2D eigenvalue weighted by Crippen LogP contribution is 2.22. The van der Waals surface area contributed by atoms with E-state index in [1.54, 1.807) is 36.4 Å². The molecular formula is C24H29NO5. The maximum Gasteiger partial charge on any atom is 0.326 e. The van der Waals surface area contributed by atoms with E-state index in [4.69, 9.17) is 9.47 Å². The largest absolute Gasteiger partial charge is 0.494 e. The van der Waals surface area contributed by atoms with Gasteiger partial charge in [-0.05, 0) is 61.2 Å². The first-order valence-corrected chi connectivity index (χ1v) is 9.97. The number of amides is 1.